The highest BCUT2D eigenvalue weighted by Gasteiger charge is 2.20. The van der Waals surface area contributed by atoms with Crippen LogP contribution in [0.1, 0.15) is 425 Å². The van der Waals surface area contributed by atoms with E-state index >= 15 is 0 Å². The molecule has 0 fully saturated rings. The van der Waals surface area contributed by atoms with Crippen LogP contribution in [0.25, 0.3) is 0 Å². The van der Waals surface area contributed by atoms with Crippen molar-refractivity contribution < 1.29 is 24.5 Å². The molecule has 2 atom stereocenters. The van der Waals surface area contributed by atoms with Crippen molar-refractivity contribution in [3.8, 4) is 0 Å². The Hall–Kier alpha value is -1.40. The van der Waals surface area contributed by atoms with Gasteiger partial charge in [-0.1, -0.05) is 373 Å². The van der Waals surface area contributed by atoms with Gasteiger partial charge >= 0.3 is 5.97 Å². The van der Waals surface area contributed by atoms with Crippen LogP contribution in [0.3, 0.4) is 0 Å². The molecule has 0 heterocycles. The minimum Gasteiger partial charge on any atom is -0.466 e. The number of ether oxygens (including phenoxy) is 1. The molecule has 0 rings (SSSR count). The third-order valence-electron chi connectivity index (χ3n) is 17.6. The monoisotopic (exact) mass is 1130 g/mol. The molecule has 6 heteroatoms. The molecular weight excluding hydrogens is 983 g/mol. The van der Waals surface area contributed by atoms with E-state index in [2.05, 4.69) is 31.3 Å². The zero-order valence-corrected chi connectivity index (χ0v) is 54.6. The van der Waals surface area contributed by atoms with E-state index in [1.54, 1.807) is 0 Å². The molecule has 1 amide bonds. The van der Waals surface area contributed by atoms with E-state index < -0.39 is 12.1 Å². The molecule has 3 N–H and O–H groups in total. The van der Waals surface area contributed by atoms with E-state index in [1.807, 2.05) is 0 Å². The van der Waals surface area contributed by atoms with Gasteiger partial charge in [0.05, 0.1) is 25.4 Å². The van der Waals surface area contributed by atoms with Crippen LogP contribution in [0.4, 0.5) is 0 Å². The van der Waals surface area contributed by atoms with Gasteiger partial charge in [0.1, 0.15) is 0 Å². The molecule has 80 heavy (non-hydrogen) atoms. The van der Waals surface area contributed by atoms with E-state index in [9.17, 15) is 19.8 Å². The molecule has 0 spiro atoms. The summed E-state index contributed by atoms with van der Waals surface area (Å²) in [4.78, 5) is 24.6. The number of hydrogen-bond donors (Lipinski definition) is 3. The summed E-state index contributed by atoms with van der Waals surface area (Å²) in [6.07, 6.45) is 87.0. The maximum atomic E-state index is 12.6. The number of amides is 1. The Labute approximate surface area is 501 Å². The largest absolute Gasteiger partial charge is 0.466 e. The van der Waals surface area contributed by atoms with Gasteiger partial charge in [-0.3, -0.25) is 9.59 Å². The van der Waals surface area contributed by atoms with E-state index in [4.69, 9.17) is 4.74 Å². The van der Waals surface area contributed by atoms with Crippen molar-refractivity contribution in [2.75, 3.05) is 13.2 Å². The first-order chi connectivity index (χ1) is 39.5. The lowest BCUT2D eigenvalue weighted by Gasteiger charge is -2.22. The first kappa shape index (κ1) is 78.6. The van der Waals surface area contributed by atoms with Crippen LogP contribution >= 0.6 is 0 Å². The lowest BCUT2D eigenvalue weighted by Crippen LogP contribution is -2.45. The predicted octanol–water partition coefficient (Wildman–Crippen LogP) is 23.9. The maximum Gasteiger partial charge on any atom is 0.305 e. The second-order valence-corrected chi connectivity index (χ2v) is 25.6. The average Bonchev–Trinajstić information content (AvgIpc) is 3.46. The van der Waals surface area contributed by atoms with Crippen LogP contribution in [0.5, 0.6) is 0 Å². The predicted molar refractivity (Wildman–Crippen MR) is 352 cm³/mol. The summed E-state index contributed by atoms with van der Waals surface area (Å²) in [7, 11) is 0. The summed E-state index contributed by atoms with van der Waals surface area (Å²) in [5.74, 6) is -0.0161. The van der Waals surface area contributed by atoms with Gasteiger partial charge in [-0.25, -0.2) is 0 Å². The first-order valence-electron chi connectivity index (χ1n) is 36.9. The molecule has 0 aromatic rings. The van der Waals surface area contributed by atoms with Gasteiger partial charge in [0.25, 0.3) is 0 Å². The fourth-order valence-electron chi connectivity index (χ4n) is 11.9. The highest BCUT2D eigenvalue weighted by atomic mass is 16.5. The van der Waals surface area contributed by atoms with E-state index in [1.165, 1.54) is 353 Å². The molecule has 2 unspecified atom stereocenters. The minimum absolute atomic E-state index is 0.0163. The molecule has 0 saturated carbocycles. The summed E-state index contributed by atoms with van der Waals surface area (Å²) in [5.41, 5.74) is 0. The fourth-order valence-corrected chi connectivity index (χ4v) is 11.9. The van der Waals surface area contributed by atoms with Crippen LogP contribution in [0, 0.1) is 0 Å². The van der Waals surface area contributed by atoms with Crippen LogP contribution in [0.2, 0.25) is 0 Å². The summed E-state index contributed by atoms with van der Waals surface area (Å²) < 4.78 is 5.49. The van der Waals surface area contributed by atoms with E-state index in [-0.39, 0.29) is 18.5 Å². The number of aliphatic hydroxyl groups excluding tert-OH is 2. The van der Waals surface area contributed by atoms with Crippen molar-refractivity contribution in [3.05, 3.63) is 12.2 Å². The second kappa shape index (κ2) is 70.1. The van der Waals surface area contributed by atoms with Gasteiger partial charge in [0.2, 0.25) is 5.91 Å². The SMILES string of the molecule is CCCCCCCCCCCCCCCCCCCCCCCCCCCC(O)C(CO)NC(=O)CCCCCCCCCCC/C=C\CCCCCCCCCCCCCCOC(=O)CCCCCCCCCCCCCCC. The lowest BCUT2D eigenvalue weighted by atomic mass is 10.0. The zero-order valence-electron chi connectivity index (χ0n) is 54.6. The Morgan fingerprint density at radius 2 is 0.588 bits per heavy atom. The van der Waals surface area contributed by atoms with Crippen LogP contribution in [-0.2, 0) is 14.3 Å². The highest BCUT2D eigenvalue weighted by molar-refractivity contribution is 5.76. The molecule has 0 aromatic heterocycles. The number of esters is 1. The highest BCUT2D eigenvalue weighted by Crippen LogP contribution is 2.20. The Balaban J connectivity index is 3.39. The average molecular weight is 1130 g/mol. The topological polar surface area (TPSA) is 95.9 Å². The Morgan fingerprint density at radius 1 is 0.338 bits per heavy atom. The Bertz CT molecular complexity index is 1210. The van der Waals surface area contributed by atoms with Crippen molar-refractivity contribution in [2.45, 2.75) is 437 Å². The van der Waals surface area contributed by atoms with Crippen molar-refractivity contribution >= 4 is 11.9 Å². The molecule has 0 aromatic carbocycles. The van der Waals surface area contributed by atoms with Crippen LogP contribution < -0.4 is 5.32 Å². The van der Waals surface area contributed by atoms with Crippen molar-refractivity contribution in [1.82, 2.24) is 5.32 Å². The number of aliphatic hydroxyl groups is 2. The maximum absolute atomic E-state index is 12.6. The van der Waals surface area contributed by atoms with E-state index in [0.717, 1.165) is 38.5 Å². The second-order valence-electron chi connectivity index (χ2n) is 25.6. The Kier molecular flexibility index (Phi) is 68.9. The lowest BCUT2D eigenvalue weighted by molar-refractivity contribution is -0.143. The third kappa shape index (κ3) is 65.7. The number of allylic oxidation sites excluding steroid dienone is 2. The quantitative estimate of drug-likeness (QED) is 0.0320. The molecule has 0 radical (unpaired) electrons. The van der Waals surface area contributed by atoms with Gasteiger partial charge in [-0.05, 0) is 51.4 Å². The zero-order chi connectivity index (χ0) is 57.8. The molecule has 476 valence electrons. The summed E-state index contributed by atoms with van der Waals surface area (Å²) in [5, 5.41) is 23.5. The fraction of sp³-hybridized carbons (Fsp3) is 0.946. The van der Waals surface area contributed by atoms with Crippen molar-refractivity contribution in [1.29, 1.82) is 0 Å². The molecule has 0 aliphatic carbocycles. The molecule has 0 aliphatic rings. The molecule has 0 saturated heterocycles. The standard InChI is InChI=1S/C74H145NO5/c1-3-5-7-9-11-13-15-17-18-19-20-21-22-24-27-30-33-36-39-43-46-50-54-58-62-66-72(77)71(70-76)75-73(78)67-63-59-55-51-47-44-40-37-34-31-28-25-23-26-29-32-35-38-41-45-49-53-57-61-65-69-80-74(79)68-64-60-56-52-48-42-16-14-12-10-8-6-4-2/h25,28,71-72,76-77H,3-24,26-27,29-70H2,1-2H3,(H,75,78)/b28-25-. The van der Waals surface area contributed by atoms with Gasteiger partial charge in [-0.15, -0.1) is 0 Å². The van der Waals surface area contributed by atoms with Gasteiger partial charge in [0, 0.05) is 12.8 Å². The summed E-state index contributed by atoms with van der Waals surface area (Å²) >= 11 is 0. The minimum atomic E-state index is -0.667. The van der Waals surface area contributed by atoms with Gasteiger partial charge < -0.3 is 20.3 Å². The van der Waals surface area contributed by atoms with Gasteiger partial charge in [-0.2, -0.15) is 0 Å². The smallest absolute Gasteiger partial charge is 0.305 e. The van der Waals surface area contributed by atoms with Crippen LogP contribution in [-0.4, -0.2) is 47.4 Å². The number of hydrogen-bond acceptors (Lipinski definition) is 5. The molecule has 0 aliphatic heterocycles. The number of rotatable bonds is 70. The van der Waals surface area contributed by atoms with Gasteiger partial charge in [0.15, 0.2) is 0 Å². The summed E-state index contributed by atoms with van der Waals surface area (Å²) in [6, 6.07) is -0.545. The number of nitrogens with one attached hydrogen (secondary N) is 1. The number of carbonyl (C=O) groups is 2. The number of carbonyl (C=O) groups excluding carboxylic acids is 2. The normalized spacial score (nSPS) is 12.5. The Morgan fingerprint density at radius 3 is 0.887 bits per heavy atom. The molecule has 6 nitrogen and oxygen atoms in total. The summed E-state index contributed by atoms with van der Waals surface area (Å²) in [6.45, 7) is 5.00. The van der Waals surface area contributed by atoms with Crippen molar-refractivity contribution in [3.63, 3.8) is 0 Å². The third-order valence-corrected chi connectivity index (χ3v) is 17.6. The molecular formula is C74H145NO5. The number of unbranched alkanes of at least 4 members (excludes halogenated alkanes) is 57. The van der Waals surface area contributed by atoms with E-state index in [0.29, 0.717) is 25.9 Å². The van der Waals surface area contributed by atoms with Crippen molar-refractivity contribution in [2.24, 2.45) is 0 Å². The first-order valence-corrected chi connectivity index (χ1v) is 36.9. The van der Waals surface area contributed by atoms with Crippen LogP contribution in [0.15, 0.2) is 12.2 Å². The molecule has 0 bridgehead atoms.